The van der Waals surface area contributed by atoms with Crippen LogP contribution < -0.4 is 15.4 Å². The van der Waals surface area contributed by atoms with Crippen LogP contribution in [0.3, 0.4) is 0 Å². The molecular formula is C23H33IN4O2. The lowest BCUT2D eigenvalue weighted by Crippen LogP contribution is -2.41. The minimum absolute atomic E-state index is 0. The van der Waals surface area contributed by atoms with Gasteiger partial charge in [-0.05, 0) is 38.3 Å². The van der Waals surface area contributed by atoms with E-state index in [4.69, 9.17) is 9.47 Å². The molecule has 1 fully saturated rings. The summed E-state index contributed by atoms with van der Waals surface area (Å²) in [5, 5.41) is 6.83. The molecule has 2 unspecified atom stereocenters. The molecule has 7 heteroatoms. The van der Waals surface area contributed by atoms with E-state index in [1.54, 1.807) is 13.2 Å². The third-order valence-corrected chi connectivity index (χ3v) is 5.18. The predicted octanol–water partition coefficient (Wildman–Crippen LogP) is 4.24. The standard InChI is InChI=1S/C23H32N4O2.HI/c1-4-28-22-20(7-5-13-25-22)16-27-23(24-3)26-15-19-8-6-14-29-21(19)18-11-9-17(2)10-12-18;/h5,7,9-13,19,21H,4,6,8,14-16H2,1-3H3,(H2,24,26,27);1H. The lowest BCUT2D eigenvalue weighted by atomic mass is 9.89. The van der Waals surface area contributed by atoms with E-state index in [2.05, 4.69) is 51.8 Å². The SMILES string of the molecule is CCOc1ncccc1CNC(=NC)NCC1CCCOC1c1ccc(C)cc1.I. The zero-order valence-electron chi connectivity index (χ0n) is 18.1. The van der Waals surface area contributed by atoms with Gasteiger partial charge in [-0.25, -0.2) is 4.98 Å². The molecule has 1 aromatic carbocycles. The lowest BCUT2D eigenvalue weighted by Gasteiger charge is -2.32. The van der Waals surface area contributed by atoms with E-state index < -0.39 is 0 Å². The van der Waals surface area contributed by atoms with E-state index in [9.17, 15) is 0 Å². The molecular weight excluding hydrogens is 491 g/mol. The highest BCUT2D eigenvalue weighted by Crippen LogP contribution is 2.33. The number of aliphatic imine (C=N–C) groups is 1. The van der Waals surface area contributed by atoms with Gasteiger partial charge in [-0.15, -0.1) is 24.0 Å². The minimum Gasteiger partial charge on any atom is -0.478 e. The maximum atomic E-state index is 6.13. The maximum absolute atomic E-state index is 6.13. The number of hydrogen-bond donors (Lipinski definition) is 2. The van der Waals surface area contributed by atoms with Crippen LogP contribution in [0.2, 0.25) is 0 Å². The first-order valence-electron chi connectivity index (χ1n) is 10.4. The zero-order valence-corrected chi connectivity index (χ0v) is 20.4. The second-order valence-corrected chi connectivity index (χ2v) is 7.31. The van der Waals surface area contributed by atoms with Gasteiger partial charge >= 0.3 is 0 Å². The molecule has 0 spiro atoms. The van der Waals surface area contributed by atoms with Crippen molar-refractivity contribution in [3.05, 3.63) is 59.3 Å². The number of aryl methyl sites for hydroxylation is 1. The number of guanidine groups is 1. The van der Waals surface area contributed by atoms with Crippen LogP contribution in [0.25, 0.3) is 0 Å². The Morgan fingerprint density at radius 3 is 2.77 bits per heavy atom. The van der Waals surface area contributed by atoms with Gasteiger partial charge in [-0.1, -0.05) is 35.9 Å². The quantitative estimate of drug-likeness (QED) is 0.322. The van der Waals surface area contributed by atoms with Gasteiger partial charge in [0.1, 0.15) is 0 Å². The van der Waals surface area contributed by atoms with E-state index in [1.807, 2.05) is 19.1 Å². The number of nitrogens with zero attached hydrogens (tertiary/aromatic N) is 2. The van der Waals surface area contributed by atoms with Crippen LogP contribution in [0, 0.1) is 12.8 Å². The molecule has 30 heavy (non-hydrogen) atoms. The van der Waals surface area contributed by atoms with E-state index in [0.717, 1.165) is 37.5 Å². The molecule has 6 nitrogen and oxygen atoms in total. The lowest BCUT2D eigenvalue weighted by molar-refractivity contribution is -0.0265. The number of hydrogen-bond acceptors (Lipinski definition) is 4. The van der Waals surface area contributed by atoms with E-state index in [-0.39, 0.29) is 30.1 Å². The molecule has 2 heterocycles. The topological polar surface area (TPSA) is 67.8 Å². The van der Waals surface area contributed by atoms with E-state index in [1.165, 1.54) is 11.1 Å². The normalized spacial score (nSPS) is 19.0. The van der Waals surface area contributed by atoms with Crippen LogP contribution in [-0.2, 0) is 11.3 Å². The number of nitrogens with one attached hydrogen (secondary N) is 2. The van der Waals surface area contributed by atoms with Crippen molar-refractivity contribution in [2.24, 2.45) is 10.9 Å². The number of pyridine rings is 1. The molecule has 164 valence electrons. The zero-order chi connectivity index (χ0) is 20.5. The highest BCUT2D eigenvalue weighted by Gasteiger charge is 2.27. The van der Waals surface area contributed by atoms with Gasteiger partial charge in [0.05, 0.1) is 12.7 Å². The fourth-order valence-corrected chi connectivity index (χ4v) is 3.63. The monoisotopic (exact) mass is 524 g/mol. The van der Waals surface area contributed by atoms with Gasteiger partial charge in [0.15, 0.2) is 5.96 Å². The third kappa shape index (κ3) is 6.84. The Labute approximate surface area is 196 Å². The van der Waals surface area contributed by atoms with Gasteiger partial charge in [-0.3, -0.25) is 4.99 Å². The predicted molar refractivity (Wildman–Crippen MR) is 132 cm³/mol. The third-order valence-electron chi connectivity index (χ3n) is 5.18. The van der Waals surface area contributed by atoms with Crippen molar-refractivity contribution >= 4 is 29.9 Å². The number of benzene rings is 1. The molecule has 2 N–H and O–H groups in total. The molecule has 3 rings (SSSR count). The van der Waals surface area contributed by atoms with Crippen molar-refractivity contribution in [1.82, 2.24) is 15.6 Å². The van der Waals surface area contributed by atoms with Gasteiger partial charge in [0.25, 0.3) is 0 Å². The largest absolute Gasteiger partial charge is 0.478 e. The fourth-order valence-electron chi connectivity index (χ4n) is 3.63. The summed E-state index contributed by atoms with van der Waals surface area (Å²) in [7, 11) is 1.79. The van der Waals surface area contributed by atoms with Crippen molar-refractivity contribution in [2.45, 2.75) is 39.3 Å². The van der Waals surface area contributed by atoms with E-state index >= 15 is 0 Å². The van der Waals surface area contributed by atoms with Crippen LogP contribution >= 0.6 is 24.0 Å². The summed E-state index contributed by atoms with van der Waals surface area (Å²) in [4.78, 5) is 8.67. The summed E-state index contributed by atoms with van der Waals surface area (Å²) in [5.74, 6) is 1.84. The molecule has 0 amide bonds. The van der Waals surface area contributed by atoms with Gasteiger partial charge in [0.2, 0.25) is 5.88 Å². The summed E-state index contributed by atoms with van der Waals surface area (Å²) >= 11 is 0. The number of aromatic nitrogens is 1. The maximum Gasteiger partial charge on any atom is 0.218 e. The van der Waals surface area contributed by atoms with Gasteiger partial charge in [-0.2, -0.15) is 0 Å². The second kappa shape index (κ2) is 12.7. The van der Waals surface area contributed by atoms with Crippen molar-refractivity contribution < 1.29 is 9.47 Å². The Morgan fingerprint density at radius 1 is 1.23 bits per heavy atom. The highest BCUT2D eigenvalue weighted by molar-refractivity contribution is 14.0. The Hall–Kier alpha value is -1.87. The van der Waals surface area contributed by atoms with Crippen LogP contribution in [-0.4, -0.2) is 37.7 Å². The molecule has 0 bridgehead atoms. The Kier molecular flexibility index (Phi) is 10.4. The van der Waals surface area contributed by atoms with Crippen molar-refractivity contribution in [3.63, 3.8) is 0 Å². The molecule has 2 atom stereocenters. The molecule has 1 aliphatic heterocycles. The Balaban J connectivity index is 0.00000320. The minimum atomic E-state index is 0. The summed E-state index contributed by atoms with van der Waals surface area (Å²) in [5.41, 5.74) is 3.53. The summed E-state index contributed by atoms with van der Waals surface area (Å²) in [6, 6.07) is 12.6. The second-order valence-electron chi connectivity index (χ2n) is 7.31. The Morgan fingerprint density at radius 2 is 2.03 bits per heavy atom. The average Bonchev–Trinajstić information content (AvgIpc) is 2.76. The first kappa shape index (κ1) is 24.4. The van der Waals surface area contributed by atoms with Crippen LogP contribution in [0.4, 0.5) is 0 Å². The molecule has 0 saturated carbocycles. The van der Waals surface area contributed by atoms with Crippen molar-refractivity contribution in [1.29, 1.82) is 0 Å². The number of rotatable bonds is 7. The summed E-state index contributed by atoms with van der Waals surface area (Å²) in [6.07, 6.45) is 4.10. The molecule has 0 radical (unpaired) electrons. The highest BCUT2D eigenvalue weighted by atomic mass is 127. The fraction of sp³-hybridized carbons (Fsp3) is 0.478. The number of halogens is 1. The van der Waals surface area contributed by atoms with Gasteiger partial charge < -0.3 is 20.1 Å². The van der Waals surface area contributed by atoms with Crippen LogP contribution in [0.5, 0.6) is 5.88 Å². The molecule has 1 saturated heterocycles. The smallest absolute Gasteiger partial charge is 0.218 e. The molecule has 2 aromatic rings. The first-order chi connectivity index (χ1) is 14.2. The molecule has 0 aliphatic carbocycles. The number of ether oxygens (including phenoxy) is 2. The first-order valence-corrected chi connectivity index (χ1v) is 10.4. The van der Waals surface area contributed by atoms with Crippen molar-refractivity contribution in [3.8, 4) is 5.88 Å². The molecule has 1 aliphatic rings. The van der Waals surface area contributed by atoms with Gasteiger partial charge in [0, 0.05) is 44.4 Å². The van der Waals surface area contributed by atoms with Crippen LogP contribution in [0.15, 0.2) is 47.6 Å². The summed E-state index contributed by atoms with van der Waals surface area (Å²) in [6.45, 7) is 6.90. The van der Waals surface area contributed by atoms with Crippen LogP contribution in [0.1, 0.15) is 42.6 Å². The Bertz CT molecular complexity index is 798. The van der Waals surface area contributed by atoms with E-state index in [0.29, 0.717) is 24.9 Å². The summed E-state index contributed by atoms with van der Waals surface area (Å²) < 4.78 is 11.7. The van der Waals surface area contributed by atoms with Crippen molar-refractivity contribution in [2.75, 3.05) is 26.8 Å². The average molecular weight is 524 g/mol. The molecule has 1 aromatic heterocycles.